The molecule has 0 aliphatic carbocycles. The number of amides is 2. The Balaban J connectivity index is 2.16. The van der Waals surface area contributed by atoms with E-state index in [1.165, 1.54) is 11.1 Å². The first-order chi connectivity index (χ1) is 9.97. The molecule has 1 N–H and O–H groups in total. The summed E-state index contributed by atoms with van der Waals surface area (Å²) >= 11 is 0. The highest BCUT2D eigenvalue weighted by molar-refractivity contribution is 6.04. The van der Waals surface area contributed by atoms with Crippen molar-refractivity contribution in [1.29, 1.82) is 0 Å². The molecule has 0 atom stereocenters. The van der Waals surface area contributed by atoms with Crippen LogP contribution < -0.4 is 5.32 Å². The van der Waals surface area contributed by atoms with Crippen molar-refractivity contribution in [3.05, 3.63) is 59.4 Å². The van der Waals surface area contributed by atoms with Crippen molar-refractivity contribution in [3.8, 4) is 0 Å². The third-order valence-corrected chi connectivity index (χ3v) is 2.95. The molecule has 21 heavy (non-hydrogen) atoms. The van der Waals surface area contributed by atoms with Crippen LogP contribution in [0.5, 0.6) is 0 Å². The number of nitrogens with one attached hydrogen (secondary N) is 1. The number of nitrogens with zero attached hydrogens (tertiary/aromatic N) is 2. The maximum absolute atomic E-state index is 12.1. The maximum Gasteiger partial charge on any atom is 0.257 e. The van der Waals surface area contributed by atoms with Crippen LogP contribution in [0.1, 0.15) is 26.4 Å². The molecule has 5 nitrogen and oxygen atoms in total. The molecule has 2 rings (SSSR count). The lowest BCUT2D eigenvalue weighted by Crippen LogP contribution is -2.22. The summed E-state index contributed by atoms with van der Waals surface area (Å²) in [6, 6.07) is 10.3. The molecule has 0 spiro atoms. The first-order valence-corrected chi connectivity index (χ1v) is 6.53. The fourth-order valence-electron chi connectivity index (χ4n) is 1.79. The van der Waals surface area contributed by atoms with E-state index in [1.54, 1.807) is 50.5 Å². The fraction of sp³-hybridized carbons (Fsp3) is 0.188. The summed E-state index contributed by atoms with van der Waals surface area (Å²) in [4.78, 5) is 29.6. The standard InChI is InChI=1S/C16H17N3O2/c1-11-7-8-13(10-17-11)15(20)18-14-6-4-5-12(9-14)16(21)19(2)3/h4-10H,1-3H3,(H,18,20). The monoisotopic (exact) mass is 283 g/mol. The molecule has 0 bridgehead atoms. The zero-order chi connectivity index (χ0) is 15.4. The maximum atomic E-state index is 12.1. The molecule has 1 aromatic carbocycles. The van der Waals surface area contributed by atoms with Crippen molar-refractivity contribution >= 4 is 17.5 Å². The molecule has 0 aliphatic heterocycles. The van der Waals surface area contributed by atoms with Gasteiger partial charge in [-0.1, -0.05) is 6.07 Å². The molecule has 0 saturated carbocycles. The van der Waals surface area contributed by atoms with Gasteiger partial charge >= 0.3 is 0 Å². The van der Waals surface area contributed by atoms with Crippen LogP contribution in [0.2, 0.25) is 0 Å². The Morgan fingerprint density at radius 3 is 2.48 bits per heavy atom. The Labute approximate surface area is 123 Å². The van der Waals surface area contributed by atoms with Gasteiger partial charge in [0, 0.05) is 37.2 Å². The first-order valence-electron chi connectivity index (χ1n) is 6.53. The molecular weight excluding hydrogens is 266 g/mol. The van der Waals surface area contributed by atoms with Gasteiger partial charge in [-0.25, -0.2) is 0 Å². The lowest BCUT2D eigenvalue weighted by molar-refractivity contribution is 0.0827. The zero-order valence-corrected chi connectivity index (χ0v) is 12.3. The summed E-state index contributed by atoms with van der Waals surface area (Å²) in [7, 11) is 3.37. The third kappa shape index (κ3) is 3.66. The highest BCUT2D eigenvalue weighted by Gasteiger charge is 2.10. The number of aromatic nitrogens is 1. The normalized spacial score (nSPS) is 10.0. The minimum Gasteiger partial charge on any atom is -0.345 e. The van der Waals surface area contributed by atoms with Crippen molar-refractivity contribution < 1.29 is 9.59 Å². The van der Waals surface area contributed by atoms with Gasteiger partial charge in [-0.2, -0.15) is 0 Å². The van der Waals surface area contributed by atoms with Gasteiger partial charge in [0.25, 0.3) is 11.8 Å². The van der Waals surface area contributed by atoms with Crippen LogP contribution in [-0.4, -0.2) is 35.8 Å². The summed E-state index contributed by atoms with van der Waals surface area (Å²) in [6.07, 6.45) is 1.53. The summed E-state index contributed by atoms with van der Waals surface area (Å²) in [5.74, 6) is -0.361. The van der Waals surface area contributed by atoms with Crippen molar-refractivity contribution in [2.24, 2.45) is 0 Å². The molecule has 0 fully saturated rings. The van der Waals surface area contributed by atoms with Crippen LogP contribution in [0.3, 0.4) is 0 Å². The van der Waals surface area contributed by atoms with Crippen LogP contribution in [0, 0.1) is 6.92 Å². The second-order valence-corrected chi connectivity index (χ2v) is 4.92. The molecular formula is C16H17N3O2. The Morgan fingerprint density at radius 2 is 1.86 bits per heavy atom. The van der Waals surface area contributed by atoms with Gasteiger partial charge < -0.3 is 10.2 Å². The summed E-state index contributed by atoms with van der Waals surface area (Å²) in [6.45, 7) is 1.86. The van der Waals surface area contributed by atoms with E-state index < -0.39 is 0 Å². The van der Waals surface area contributed by atoms with Gasteiger partial charge in [-0.15, -0.1) is 0 Å². The van der Waals surface area contributed by atoms with Gasteiger partial charge in [0.15, 0.2) is 0 Å². The average Bonchev–Trinajstić information content (AvgIpc) is 2.47. The third-order valence-electron chi connectivity index (χ3n) is 2.95. The second-order valence-electron chi connectivity index (χ2n) is 4.92. The minimum absolute atomic E-state index is 0.108. The Kier molecular flexibility index (Phi) is 4.33. The molecule has 2 amide bonds. The second kappa shape index (κ2) is 6.17. The highest BCUT2D eigenvalue weighted by Crippen LogP contribution is 2.13. The Bertz CT molecular complexity index is 663. The summed E-state index contributed by atoms with van der Waals surface area (Å²) in [5, 5.41) is 2.76. The smallest absolute Gasteiger partial charge is 0.257 e. The predicted octanol–water partition coefficient (Wildman–Crippen LogP) is 2.34. The SMILES string of the molecule is Cc1ccc(C(=O)Nc2cccc(C(=O)N(C)C)c2)cn1. The van der Waals surface area contributed by atoms with E-state index in [-0.39, 0.29) is 11.8 Å². The number of rotatable bonds is 3. The molecule has 0 radical (unpaired) electrons. The van der Waals surface area contributed by atoms with Crippen LogP contribution in [0.15, 0.2) is 42.6 Å². The van der Waals surface area contributed by atoms with E-state index in [2.05, 4.69) is 10.3 Å². The fourth-order valence-corrected chi connectivity index (χ4v) is 1.79. The van der Waals surface area contributed by atoms with Crippen molar-refractivity contribution in [2.45, 2.75) is 6.92 Å². The van der Waals surface area contributed by atoms with Crippen LogP contribution >= 0.6 is 0 Å². The van der Waals surface area contributed by atoms with Crippen molar-refractivity contribution in [3.63, 3.8) is 0 Å². The van der Waals surface area contributed by atoms with Crippen molar-refractivity contribution in [2.75, 3.05) is 19.4 Å². The van der Waals surface area contributed by atoms with Gasteiger partial charge in [0.2, 0.25) is 0 Å². The number of pyridine rings is 1. The molecule has 5 heteroatoms. The molecule has 1 aromatic heterocycles. The highest BCUT2D eigenvalue weighted by atomic mass is 16.2. The number of aryl methyl sites for hydroxylation is 1. The molecule has 108 valence electrons. The molecule has 2 aromatic rings. The lowest BCUT2D eigenvalue weighted by atomic mass is 10.1. The number of benzene rings is 1. The van der Waals surface area contributed by atoms with Crippen LogP contribution in [-0.2, 0) is 0 Å². The average molecular weight is 283 g/mol. The Morgan fingerprint density at radius 1 is 1.10 bits per heavy atom. The molecule has 0 unspecified atom stereocenters. The summed E-state index contributed by atoms with van der Waals surface area (Å²) in [5.41, 5.74) is 2.43. The largest absolute Gasteiger partial charge is 0.345 e. The quantitative estimate of drug-likeness (QED) is 0.940. The number of carbonyl (C=O) groups excluding carboxylic acids is 2. The molecule has 0 saturated heterocycles. The lowest BCUT2D eigenvalue weighted by Gasteiger charge is -2.11. The Hall–Kier alpha value is -2.69. The predicted molar refractivity (Wildman–Crippen MR) is 81.4 cm³/mol. The zero-order valence-electron chi connectivity index (χ0n) is 12.3. The van der Waals surface area contributed by atoms with E-state index >= 15 is 0 Å². The van der Waals surface area contributed by atoms with E-state index in [4.69, 9.17) is 0 Å². The number of anilines is 1. The van der Waals surface area contributed by atoms with Gasteiger partial charge in [0.1, 0.15) is 0 Å². The van der Waals surface area contributed by atoms with Gasteiger partial charge in [-0.3, -0.25) is 14.6 Å². The number of hydrogen-bond donors (Lipinski definition) is 1. The van der Waals surface area contributed by atoms with Crippen LogP contribution in [0.4, 0.5) is 5.69 Å². The van der Waals surface area contributed by atoms with Gasteiger partial charge in [0.05, 0.1) is 5.56 Å². The van der Waals surface area contributed by atoms with Crippen LogP contribution in [0.25, 0.3) is 0 Å². The van der Waals surface area contributed by atoms with E-state index in [0.29, 0.717) is 16.8 Å². The van der Waals surface area contributed by atoms with E-state index in [0.717, 1.165) is 5.69 Å². The van der Waals surface area contributed by atoms with Gasteiger partial charge in [-0.05, 0) is 37.3 Å². The molecule has 0 aliphatic rings. The minimum atomic E-state index is -0.253. The number of hydrogen-bond acceptors (Lipinski definition) is 3. The summed E-state index contributed by atoms with van der Waals surface area (Å²) < 4.78 is 0. The molecule has 1 heterocycles. The number of carbonyl (C=O) groups is 2. The van der Waals surface area contributed by atoms with E-state index in [9.17, 15) is 9.59 Å². The topological polar surface area (TPSA) is 62.3 Å². The van der Waals surface area contributed by atoms with Crippen molar-refractivity contribution in [1.82, 2.24) is 9.88 Å². The van der Waals surface area contributed by atoms with E-state index in [1.807, 2.05) is 6.92 Å². The first kappa shape index (κ1) is 14.7.